The number of ether oxygens (including phenoxy) is 1. The molecule has 0 saturated carbocycles. The molecule has 72 valence electrons. The lowest BCUT2D eigenvalue weighted by Crippen LogP contribution is -2.31. The van der Waals surface area contributed by atoms with Crippen molar-refractivity contribution < 1.29 is 4.74 Å². The molecule has 0 aromatic heterocycles. The van der Waals surface area contributed by atoms with Gasteiger partial charge in [0.1, 0.15) is 0 Å². The molecule has 1 fully saturated rings. The number of hydrogen-bond acceptors (Lipinski definition) is 2. The third kappa shape index (κ3) is 3.11. The molecule has 1 aliphatic rings. The molecule has 0 radical (unpaired) electrons. The van der Waals surface area contributed by atoms with Crippen molar-refractivity contribution in [2.45, 2.75) is 45.6 Å². The van der Waals surface area contributed by atoms with E-state index in [1.54, 1.807) is 0 Å². The first kappa shape index (κ1) is 10.0. The highest BCUT2D eigenvalue weighted by Crippen LogP contribution is 2.26. The lowest BCUT2D eigenvalue weighted by atomic mass is 9.85. The molecular formula is C10H21NO. The van der Waals surface area contributed by atoms with Gasteiger partial charge in [-0.1, -0.05) is 13.8 Å². The van der Waals surface area contributed by atoms with Gasteiger partial charge < -0.3 is 10.5 Å². The number of hydrogen-bond donors (Lipinski definition) is 1. The van der Waals surface area contributed by atoms with E-state index in [1.807, 2.05) is 0 Å². The van der Waals surface area contributed by atoms with Crippen molar-refractivity contribution in [3.63, 3.8) is 0 Å². The summed E-state index contributed by atoms with van der Waals surface area (Å²) in [7, 11) is 0. The summed E-state index contributed by atoms with van der Waals surface area (Å²) in [6.45, 7) is 6.13. The van der Waals surface area contributed by atoms with Gasteiger partial charge in [-0.15, -0.1) is 0 Å². The lowest BCUT2D eigenvalue weighted by molar-refractivity contribution is -0.00837. The zero-order chi connectivity index (χ0) is 9.03. The molecule has 0 aromatic rings. The van der Waals surface area contributed by atoms with Crippen LogP contribution in [0.5, 0.6) is 0 Å². The van der Waals surface area contributed by atoms with Crippen molar-refractivity contribution in [2.75, 3.05) is 13.2 Å². The minimum Gasteiger partial charge on any atom is -0.378 e. The van der Waals surface area contributed by atoms with E-state index >= 15 is 0 Å². The smallest absolute Gasteiger partial charge is 0.0580 e. The van der Waals surface area contributed by atoms with Crippen molar-refractivity contribution in [3.8, 4) is 0 Å². The predicted molar refractivity (Wildman–Crippen MR) is 51.0 cm³/mol. The summed E-state index contributed by atoms with van der Waals surface area (Å²) >= 11 is 0. The molecule has 1 aliphatic heterocycles. The van der Waals surface area contributed by atoms with Crippen LogP contribution in [0.2, 0.25) is 0 Å². The Labute approximate surface area is 75.5 Å². The van der Waals surface area contributed by atoms with Gasteiger partial charge in [0.15, 0.2) is 0 Å². The Balaban J connectivity index is 2.28. The molecule has 2 heteroatoms. The highest BCUT2D eigenvalue weighted by molar-refractivity contribution is 4.76. The SMILES string of the molecule is CC(C)(CN)CC1CCCCO1. The molecular weight excluding hydrogens is 150 g/mol. The number of nitrogens with two attached hydrogens (primary N) is 1. The molecule has 0 aromatic carbocycles. The second-order valence-electron chi connectivity index (χ2n) is 4.56. The van der Waals surface area contributed by atoms with Gasteiger partial charge >= 0.3 is 0 Å². The monoisotopic (exact) mass is 171 g/mol. The fourth-order valence-corrected chi connectivity index (χ4v) is 1.67. The van der Waals surface area contributed by atoms with Gasteiger partial charge in [0, 0.05) is 6.61 Å². The standard InChI is InChI=1S/C10H21NO/c1-10(2,8-11)7-9-5-3-4-6-12-9/h9H,3-8,11H2,1-2H3. The maximum absolute atomic E-state index is 5.67. The molecule has 1 unspecified atom stereocenters. The third-order valence-electron chi connectivity index (χ3n) is 2.61. The Kier molecular flexibility index (Phi) is 3.53. The van der Waals surface area contributed by atoms with Crippen molar-refractivity contribution in [2.24, 2.45) is 11.1 Å². The number of rotatable bonds is 3. The minimum absolute atomic E-state index is 0.252. The average Bonchev–Trinajstić information content (AvgIpc) is 2.06. The van der Waals surface area contributed by atoms with E-state index < -0.39 is 0 Å². The summed E-state index contributed by atoms with van der Waals surface area (Å²) < 4.78 is 5.66. The fourth-order valence-electron chi connectivity index (χ4n) is 1.67. The molecule has 0 amide bonds. The largest absolute Gasteiger partial charge is 0.378 e. The Morgan fingerprint density at radius 1 is 1.42 bits per heavy atom. The van der Waals surface area contributed by atoms with Gasteiger partial charge in [0.25, 0.3) is 0 Å². The van der Waals surface area contributed by atoms with Crippen molar-refractivity contribution in [3.05, 3.63) is 0 Å². The summed E-state index contributed by atoms with van der Waals surface area (Å²) in [6, 6.07) is 0. The van der Waals surface area contributed by atoms with E-state index in [9.17, 15) is 0 Å². The van der Waals surface area contributed by atoms with E-state index in [-0.39, 0.29) is 5.41 Å². The van der Waals surface area contributed by atoms with Crippen LogP contribution in [0.1, 0.15) is 39.5 Å². The van der Waals surface area contributed by atoms with Crippen LogP contribution >= 0.6 is 0 Å². The average molecular weight is 171 g/mol. The zero-order valence-electron chi connectivity index (χ0n) is 8.31. The molecule has 1 rings (SSSR count). The fraction of sp³-hybridized carbons (Fsp3) is 1.00. The van der Waals surface area contributed by atoms with E-state index in [2.05, 4.69) is 13.8 Å². The topological polar surface area (TPSA) is 35.2 Å². The van der Waals surface area contributed by atoms with E-state index in [1.165, 1.54) is 19.3 Å². The van der Waals surface area contributed by atoms with E-state index in [0.29, 0.717) is 6.10 Å². The van der Waals surface area contributed by atoms with Crippen LogP contribution in [-0.2, 0) is 4.74 Å². The molecule has 2 N–H and O–H groups in total. The van der Waals surface area contributed by atoms with Crippen LogP contribution in [-0.4, -0.2) is 19.3 Å². The van der Waals surface area contributed by atoms with Crippen molar-refractivity contribution in [1.29, 1.82) is 0 Å². The first-order valence-electron chi connectivity index (χ1n) is 4.96. The molecule has 1 heterocycles. The Hall–Kier alpha value is -0.0800. The minimum atomic E-state index is 0.252. The second kappa shape index (κ2) is 4.24. The predicted octanol–water partition coefficient (Wildman–Crippen LogP) is 1.93. The molecule has 2 nitrogen and oxygen atoms in total. The van der Waals surface area contributed by atoms with Gasteiger partial charge in [0.05, 0.1) is 6.10 Å². The zero-order valence-corrected chi connectivity index (χ0v) is 8.31. The summed E-state index contributed by atoms with van der Waals surface area (Å²) in [5, 5.41) is 0. The van der Waals surface area contributed by atoms with Crippen LogP contribution in [0.3, 0.4) is 0 Å². The van der Waals surface area contributed by atoms with Gasteiger partial charge in [0.2, 0.25) is 0 Å². The Morgan fingerprint density at radius 2 is 2.17 bits per heavy atom. The summed E-state index contributed by atoms with van der Waals surface area (Å²) in [6.07, 6.45) is 5.37. The van der Waals surface area contributed by atoms with Gasteiger partial charge in [-0.25, -0.2) is 0 Å². The van der Waals surface area contributed by atoms with Crippen LogP contribution in [0.4, 0.5) is 0 Å². The van der Waals surface area contributed by atoms with Crippen LogP contribution in [0.15, 0.2) is 0 Å². The lowest BCUT2D eigenvalue weighted by Gasteiger charge is -2.30. The van der Waals surface area contributed by atoms with Crippen LogP contribution in [0.25, 0.3) is 0 Å². The first-order valence-corrected chi connectivity index (χ1v) is 4.96. The van der Waals surface area contributed by atoms with Crippen LogP contribution in [0, 0.1) is 5.41 Å². The first-order chi connectivity index (χ1) is 5.64. The second-order valence-corrected chi connectivity index (χ2v) is 4.56. The Bertz CT molecular complexity index is 128. The van der Waals surface area contributed by atoms with Crippen LogP contribution < -0.4 is 5.73 Å². The quantitative estimate of drug-likeness (QED) is 0.704. The summed E-state index contributed by atoms with van der Waals surface area (Å²) in [4.78, 5) is 0. The van der Waals surface area contributed by atoms with E-state index in [0.717, 1.165) is 19.6 Å². The van der Waals surface area contributed by atoms with Gasteiger partial charge in [-0.3, -0.25) is 0 Å². The summed E-state index contributed by atoms with van der Waals surface area (Å²) in [5.74, 6) is 0. The van der Waals surface area contributed by atoms with Gasteiger partial charge in [-0.05, 0) is 37.6 Å². The highest BCUT2D eigenvalue weighted by Gasteiger charge is 2.23. The van der Waals surface area contributed by atoms with Crippen molar-refractivity contribution in [1.82, 2.24) is 0 Å². The molecule has 12 heavy (non-hydrogen) atoms. The molecule has 0 bridgehead atoms. The normalized spacial score (nSPS) is 25.8. The van der Waals surface area contributed by atoms with E-state index in [4.69, 9.17) is 10.5 Å². The molecule has 0 aliphatic carbocycles. The Morgan fingerprint density at radius 3 is 2.67 bits per heavy atom. The maximum Gasteiger partial charge on any atom is 0.0580 e. The summed E-state index contributed by atoms with van der Waals surface area (Å²) in [5.41, 5.74) is 5.92. The maximum atomic E-state index is 5.67. The van der Waals surface area contributed by atoms with Gasteiger partial charge in [-0.2, -0.15) is 0 Å². The highest BCUT2D eigenvalue weighted by atomic mass is 16.5. The molecule has 1 atom stereocenters. The third-order valence-corrected chi connectivity index (χ3v) is 2.61. The van der Waals surface area contributed by atoms with Crippen molar-refractivity contribution >= 4 is 0 Å². The molecule has 0 spiro atoms. The molecule has 1 saturated heterocycles.